The van der Waals surface area contributed by atoms with Gasteiger partial charge in [-0.25, -0.2) is 0 Å². The molecular formula is C30H39N5O3. The smallest absolute Gasteiger partial charge is 0.251 e. The highest BCUT2D eigenvalue weighted by molar-refractivity contribution is 6.04. The van der Waals surface area contributed by atoms with Crippen LogP contribution in [0.4, 0.5) is 5.69 Å². The summed E-state index contributed by atoms with van der Waals surface area (Å²) in [5.74, 6) is -0.674. The number of nitriles is 1. The van der Waals surface area contributed by atoms with Crippen LogP contribution in [0.1, 0.15) is 83.4 Å². The number of hydrogen-bond acceptors (Lipinski definition) is 6. The molecule has 2 fully saturated rings. The van der Waals surface area contributed by atoms with Gasteiger partial charge in [0.15, 0.2) is 6.19 Å². The Morgan fingerprint density at radius 2 is 1.87 bits per heavy atom. The number of anilines is 1. The summed E-state index contributed by atoms with van der Waals surface area (Å²) in [6.45, 7) is 8.04. The van der Waals surface area contributed by atoms with Gasteiger partial charge < -0.3 is 10.4 Å². The molecule has 1 aromatic carbocycles. The fourth-order valence-corrected chi connectivity index (χ4v) is 5.56. The number of nitrogens with zero attached hydrogens (tertiary/aromatic N) is 4. The van der Waals surface area contributed by atoms with E-state index in [4.69, 9.17) is 0 Å². The molecule has 2 amide bonds. The molecule has 38 heavy (non-hydrogen) atoms. The summed E-state index contributed by atoms with van der Waals surface area (Å²) in [6, 6.07) is 9.41. The lowest BCUT2D eigenvalue weighted by atomic mass is 9.87. The lowest BCUT2D eigenvalue weighted by Crippen LogP contribution is -2.51. The molecule has 4 rings (SSSR count). The van der Waals surface area contributed by atoms with Crippen molar-refractivity contribution in [1.29, 1.82) is 5.26 Å². The molecule has 1 saturated heterocycles. The number of nitrogens with one attached hydrogen (secondary N) is 1. The Morgan fingerprint density at radius 1 is 1.18 bits per heavy atom. The highest BCUT2D eigenvalue weighted by Gasteiger charge is 2.47. The Bertz CT molecular complexity index is 1160. The van der Waals surface area contributed by atoms with Crippen LogP contribution < -0.4 is 10.2 Å². The van der Waals surface area contributed by atoms with Crippen molar-refractivity contribution in [2.75, 3.05) is 11.4 Å². The number of pyridine rings is 1. The number of β-amino-alcohol motifs (C(OH)–C–C–N with tert-alkyl or cyclic N) is 1. The Balaban J connectivity index is 1.80. The second kappa shape index (κ2) is 11.1. The first-order valence-corrected chi connectivity index (χ1v) is 13.5. The maximum atomic E-state index is 14.3. The van der Waals surface area contributed by atoms with E-state index in [0.29, 0.717) is 11.3 Å². The predicted molar refractivity (Wildman–Crippen MR) is 146 cm³/mol. The molecule has 202 valence electrons. The van der Waals surface area contributed by atoms with E-state index < -0.39 is 23.6 Å². The molecule has 0 bridgehead atoms. The van der Waals surface area contributed by atoms with E-state index >= 15 is 0 Å². The molecule has 1 saturated carbocycles. The molecule has 2 heterocycles. The van der Waals surface area contributed by atoms with Crippen molar-refractivity contribution in [3.05, 3.63) is 59.9 Å². The van der Waals surface area contributed by atoms with Crippen molar-refractivity contribution < 1.29 is 14.7 Å². The average molecular weight is 518 g/mol. The molecule has 0 radical (unpaired) electrons. The molecule has 8 nitrogen and oxygen atoms in total. The van der Waals surface area contributed by atoms with Crippen molar-refractivity contribution in [3.63, 3.8) is 0 Å². The highest BCUT2D eigenvalue weighted by atomic mass is 16.3. The molecular weight excluding hydrogens is 478 g/mol. The maximum Gasteiger partial charge on any atom is 0.251 e. The normalized spacial score (nSPS) is 22.9. The standard InChI is InChI=1S/C30H39N5O3/c1-29(2,3)22-12-14-24(15-13-22)35(28(37)25-17-30(4,38)19-34(25)20-31)26(21-9-8-16-32-18-21)27(36)33-23-10-6-5-7-11-23/h8-9,12-16,18,23,25-26,38H,5-7,10-11,17,19H2,1-4H3,(H,33,36). The number of aliphatic hydroxyl groups is 1. The van der Waals surface area contributed by atoms with E-state index in [1.165, 1.54) is 9.80 Å². The van der Waals surface area contributed by atoms with Gasteiger partial charge in [0, 0.05) is 36.1 Å². The number of carbonyl (C=O) groups excluding carboxylic acids is 2. The molecule has 2 aliphatic rings. The number of likely N-dealkylation sites (tertiary alicyclic amines) is 1. The Morgan fingerprint density at radius 3 is 2.45 bits per heavy atom. The summed E-state index contributed by atoms with van der Waals surface area (Å²) < 4.78 is 0. The van der Waals surface area contributed by atoms with Crippen molar-refractivity contribution in [3.8, 4) is 6.19 Å². The first kappa shape index (κ1) is 27.6. The van der Waals surface area contributed by atoms with E-state index in [1.807, 2.05) is 24.3 Å². The van der Waals surface area contributed by atoms with Crippen LogP contribution in [-0.2, 0) is 15.0 Å². The van der Waals surface area contributed by atoms with Crippen LogP contribution in [0, 0.1) is 11.5 Å². The zero-order valence-electron chi connectivity index (χ0n) is 22.9. The monoisotopic (exact) mass is 517 g/mol. The van der Waals surface area contributed by atoms with Crippen LogP contribution >= 0.6 is 0 Å². The van der Waals surface area contributed by atoms with E-state index in [9.17, 15) is 20.0 Å². The van der Waals surface area contributed by atoms with Crippen molar-refractivity contribution in [2.45, 2.75) is 95.4 Å². The quantitative estimate of drug-likeness (QED) is 0.556. The number of benzene rings is 1. The first-order chi connectivity index (χ1) is 18.0. The summed E-state index contributed by atoms with van der Waals surface area (Å²) >= 11 is 0. The minimum absolute atomic E-state index is 0.0541. The molecule has 2 aromatic rings. The molecule has 3 atom stereocenters. The topological polar surface area (TPSA) is 110 Å². The van der Waals surface area contributed by atoms with Gasteiger partial charge in [0.2, 0.25) is 5.91 Å². The Labute approximate surface area is 225 Å². The first-order valence-electron chi connectivity index (χ1n) is 13.5. The molecule has 2 N–H and O–H groups in total. The second-order valence-corrected chi connectivity index (χ2v) is 12.0. The summed E-state index contributed by atoms with van der Waals surface area (Å²) in [6.07, 6.45) is 10.5. The zero-order chi connectivity index (χ0) is 27.5. The summed E-state index contributed by atoms with van der Waals surface area (Å²) in [7, 11) is 0. The van der Waals surface area contributed by atoms with Gasteiger partial charge in [-0.15, -0.1) is 0 Å². The lowest BCUT2D eigenvalue weighted by molar-refractivity contribution is -0.128. The van der Waals surface area contributed by atoms with Gasteiger partial charge >= 0.3 is 0 Å². The van der Waals surface area contributed by atoms with E-state index in [-0.39, 0.29) is 30.3 Å². The van der Waals surface area contributed by atoms with E-state index in [0.717, 1.165) is 37.7 Å². The summed E-state index contributed by atoms with van der Waals surface area (Å²) in [4.78, 5) is 35.4. The predicted octanol–water partition coefficient (Wildman–Crippen LogP) is 4.21. The van der Waals surface area contributed by atoms with Crippen LogP contribution in [0.15, 0.2) is 48.8 Å². The second-order valence-electron chi connectivity index (χ2n) is 12.0. The summed E-state index contributed by atoms with van der Waals surface area (Å²) in [5.41, 5.74) is 0.963. The van der Waals surface area contributed by atoms with Crippen molar-refractivity contribution >= 4 is 17.5 Å². The van der Waals surface area contributed by atoms with Gasteiger partial charge in [0.1, 0.15) is 12.1 Å². The minimum atomic E-state index is -1.19. The zero-order valence-corrected chi connectivity index (χ0v) is 22.9. The fraction of sp³-hybridized carbons (Fsp3) is 0.533. The van der Waals surface area contributed by atoms with Gasteiger partial charge in [-0.3, -0.25) is 24.4 Å². The maximum absolute atomic E-state index is 14.3. The molecule has 3 unspecified atom stereocenters. The molecule has 1 aliphatic carbocycles. The largest absolute Gasteiger partial charge is 0.388 e. The third kappa shape index (κ3) is 6.16. The SMILES string of the molecule is CC1(O)CC(C(=O)N(c2ccc(C(C)(C)C)cc2)C(C(=O)NC2CCCCC2)c2cccnc2)N(C#N)C1. The van der Waals surface area contributed by atoms with Gasteiger partial charge in [-0.05, 0) is 48.9 Å². The van der Waals surface area contributed by atoms with Gasteiger partial charge in [-0.2, -0.15) is 5.26 Å². The highest BCUT2D eigenvalue weighted by Crippen LogP contribution is 2.35. The average Bonchev–Trinajstić information content (AvgIpc) is 3.22. The third-order valence-electron chi connectivity index (χ3n) is 7.64. The van der Waals surface area contributed by atoms with Crippen LogP contribution in [0.5, 0.6) is 0 Å². The Kier molecular flexibility index (Phi) is 8.08. The van der Waals surface area contributed by atoms with Crippen LogP contribution in [0.3, 0.4) is 0 Å². The van der Waals surface area contributed by atoms with Crippen molar-refractivity contribution in [2.24, 2.45) is 0 Å². The number of amides is 2. The molecule has 0 spiro atoms. The number of hydrogen-bond donors (Lipinski definition) is 2. The molecule has 1 aromatic heterocycles. The lowest BCUT2D eigenvalue weighted by Gasteiger charge is -2.35. The number of carbonyl (C=O) groups is 2. The Hall–Kier alpha value is -3.44. The fourth-order valence-electron chi connectivity index (χ4n) is 5.56. The van der Waals surface area contributed by atoms with E-state index in [1.54, 1.807) is 31.5 Å². The van der Waals surface area contributed by atoms with Gasteiger partial charge in [-0.1, -0.05) is 58.2 Å². The van der Waals surface area contributed by atoms with Gasteiger partial charge in [0.25, 0.3) is 5.91 Å². The minimum Gasteiger partial charge on any atom is -0.388 e. The van der Waals surface area contributed by atoms with Crippen LogP contribution in [0.2, 0.25) is 0 Å². The van der Waals surface area contributed by atoms with Crippen LogP contribution in [-0.4, -0.2) is 51.0 Å². The van der Waals surface area contributed by atoms with Gasteiger partial charge in [0.05, 0.1) is 12.1 Å². The number of rotatable bonds is 6. The van der Waals surface area contributed by atoms with Crippen LogP contribution in [0.25, 0.3) is 0 Å². The molecule has 8 heteroatoms. The number of aromatic nitrogens is 1. The van der Waals surface area contributed by atoms with Crippen molar-refractivity contribution in [1.82, 2.24) is 15.2 Å². The summed E-state index contributed by atoms with van der Waals surface area (Å²) in [5, 5.41) is 23.7. The van der Waals surface area contributed by atoms with E-state index in [2.05, 4.69) is 37.3 Å². The third-order valence-corrected chi connectivity index (χ3v) is 7.64. The molecule has 1 aliphatic heterocycles.